The maximum atomic E-state index is 13.5. The Morgan fingerprint density at radius 1 is 1.13 bits per heavy atom. The molecule has 3 rings (SSSR count). The minimum Gasteiger partial charge on any atom is -0.493 e. The van der Waals surface area contributed by atoms with Crippen LogP contribution in [0, 0.1) is 5.92 Å². The summed E-state index contributed by atoms with van der Waals surface area (Å²) in [4.78, 5) is 17.7. The summed E-state index contributed by atoms with van der Waals surface area (Å²) < 4.78 is 21.8. The summed E-state index contributed by atoms with van der Waals surface area (Å²) in [6.07, 6.45) is 1.20. The lowest BCUT2D eigenvalue weighted by molar-refractivity contribution is -0.155. The molecule has 2 fully saturated rings. The highest BCUT2D eigenvalue weighted by Gasteiger charge is 2.39. The summed E-state index contributed by atoms with van der Waals surface area (Å²) in [5, 5.41) is 9.94. The molecule has 168 valence electrons. The van der Waals surface area contributed by atoms with Gasteiger partial charge in [0, 0.05) is 26.1 Å². The van der Waals surface area contributed by atoms with Crippen molar-refractivity contribution in [3.05, 3.63) is 23.8 Å². The first kappa shape index (κ1) is 22.8. The first-order chi connectivity index (χ1) is 14.6. The number of carbonyl (C=O) groups is 1. The van der Waals surface area contributed by atoms with E-state index in [2.05, 4.69) is 4.90 Å². The van der Waals surface area contributed by atoms with Gasteiger partial charge in [-0.2, -0.15) is 0 Å². The monoisotopic (exact) mass is 422 g/mol. The Morgan fingerprint density at radius 2 is 1.87 bits per heavy atom. The summed E-state index contributed by atoms with van der Waals surface area (Å²) in [6, 6.07) is 5.25. The molecule has 0 spiro atoms. The summed E-state index contributed by atoms with van der Waals surface area (Å²) in [6.45, 7) is 4.19. The molecule has 2 unspecified atom stereocenters. The number of rotatable bonds is 8. The normalized spacial score (nSPS) is 23.4. The van der Waals surface area contributed by atoms with Crippen molar-refractivity contribution >= 4 is 5.91 Å². The molecular formula is C22H34N2O6. The zero-order chi connectivity index (χ0) is 21.5. The lowest BCUT2D eigenvalue weighted by Gasteiger charge is -2.43. The van der Waals surface area contributed by atoms with Gasteiger partial charge in [-0.3, -0.25) is 4.79 Å². The van der Waals surface area contributed by atoms with Crippen LogP contribution in [0.1, 0.15) is 24.4 Å². The van der Waals surface area contributed by atoms with Crippen LogP contribution in [0.3, 0.4) is 0 Å². The number of hydrogen-bond donors (Lipinski definition) is 1. The molecular weight excluding hydrogens is 388 g/mol. The van der Waals surface area contributed by atoms with Gasteiger partial charge in [-0.1, -0.05) is 6.07 Å². The first-order valence-electron chi connectivity index (χ1n) is 10.6. The molecule has 2 atom stereocenters. The quantitative estimate of drug-likeness (QED) is 0.677. The van der Waals surface area contributed by atoms with Crippen molar-refractivity contribution < 1.29 is 28.8 Å². The predicted molar refractivity (Wildman–Crippen MR) is 112 cm³/mol. The van der Waals surface area contributed by atoms with Crippen molar-refractivity contribution in [1.82, 2.24) is 9.80 Å². The third kappa shape index (κ3) is 5.06. The van der Waals surface area contributed by atoms with Crippen molar-refractivity contribution in [2.45, 2.75) is 25.0 Å². The second-order valence-electron chi connectivity index (χ2n) is 7.79. The summed E-state index contributed by atoms with van der Waals surface area (Å²) >= 11 is 0. The average Bonchev–Trinajstić information content (AvgIpc) is 2.81. The predicted octanol–water partition coefficient (Wildman–Crippen LogP) is 1.32. The smallest absolute Gasteiger partial charge is 0.226 e. The minimum absolute atomic E-state index is 0.0103. The Balaban J connectivity index is 1.77. The zero-order valence-electron chi connectivity index (χ0n) is 18.2. The lowest BCUT2D eigenvalue weighted by atomic mass is 9.91. The molecule has 1 aromatic carbocycles. The second kappa shape index (κ2) is 10.9. The molecule has 1 N–H and O–H groups in total. The van der Waals surface area contributed by atoms with Gasteiger partial charge >= 0.3 is 0 Å². The van der Waals surface area contributed by atoms with Gasteiger partial charge in [0.25, 0.3) is 0 Å². The van der Waals surface area contributed by atoms with Gasteiger partial charge in [0.1, 0.15) is 6.10 Å². The molecule has 8 heteroatoms. The van der Waals surface area contributed by atoms with Gasteiger partial charge in [0.05, 0.1) is 40.1 Å². The first-order valence-corrected chi connectivity index (χ1v) is 10.6. The molecule has 0 bridgehead atoms. The van der Waals surface area contributed by atoms with Gasteiger partial charge in [0.2, 0.25) is 5.91 Å². The van der Waals surface area contributed by atoms with E-state index in [1.165, 1.54) is 0 Å². The van der Waals surface area contributed by atoms with Crippen molar-refractivity contribution in [3.8, 4) is 11.5 Å². The van der Waals surface area contributed by atoms with Crippen molar-refractivity contribution in [3.63, 3.8) is 0 Å². The summed E-state index contributed by atoms with van der Waals surface area (Å²) in [5.74, 6) is 1.35. The van der Waals surface area contributed by atoms with Crippen molar-refractivity contribution in [2.24, 2.45) is 5.92 Å². The van der Waals surface area contributed by atoms with Gasteiger partial charge in [-0.05, 0) is 43.6 Å². The van der Waals surface area contributed by atoms with Crippen molar-refractivity contribution in [2.75, 3.05) is 67.3 Å². The molecule has 0 saturated carbocycles. The summed E-state index contributed by atoms with van der Waals surface area (Å²) in [7, 11) is 4.88. The molecule has 0 aromatic heterocycles. The van der Waals surface area contributed by atoms with Gasteiger partial charge in [0.15, 0.2) is 11.5 Å². The topological polar surface area (TPSA) is 80.7 Å². The molecule has 1 amide bonds. The molecule has 0 radical (unpaired) electrons. The number of carbonyl (C=O) groups excluding carboxylic acids is 1. The zero-order valence-corrected chi connectivity index (χ0v) is 18.2. The van der Waals surface area contributed by atoms with Crippen LogP contribution in [0.2, 0.25) is 0 Å². The Bertz CT molecular complexity index is 692. The van der Waals surface area contributed by atoms with E-state index < -0.39 is 6.10 Å². The number of aliphatic hydroxyl groups is 1. The van der Waals surface area contributed by atoms with Crippen molar-refractivity contribution in [1.29, 1.82) is 0 Å². The second-order valence-corrected chi connectivity index (χ2v) is 7.79. The molecule has 2 aliphatic heterocycles. The highest BCUT2D eigenvalue weighted by Crippen LogP contribution is 2.37. The number of amides is 1. The van der Waals surface area contributed by atoms with E-state index in [-0.39, 0.29) is 24.5 Å². The maximum absolute atomic E-state index is 13.5. The number of likely N-dealkylation sites (tertiary alicyclic amines) is 1. The van der Waals surface area contributed by atoms with Gasteiger partial charge < -0.3 is 33.9 Å². The minimum atomic E-state index is -0.470. The number of hydrogen-bond acceptors (Lipinski definition) is 7. The van der Waals surface area contributed by atoms with E-state index in [0.717, 1.165) is 38.0 Å². The lowest BCUT2D eigenvalue weighted by Crippen LogP contribution is -2.52. The highest BCUT2D eigenvalue weighted by atomic mass is 16.5. The van der Waals surface area contributed by atoms with Crippen LogP contribution in [0.25, 0.3) is 0 Å². The maximum Gasteiger partial charge on any atom is 0.226 e. The fourth-order valence-electron chi connectivity index (χ4n) is 4.42. The van der Waals surface area contributed by atoms with E-state index in [0.29, 0.717) is 31.3 Å². The summed E-state index contributed by atoms with van der Waals surface area (Å²) in [5.41, 5.74) is 0.872. The number of benzene rings is 1. The van der Waals surface area contributed by atoms with Crippen LogP contribution < -0.4 is 9.47 Å². The number of nitrogens with zero attached hydrogens (tertiary/aromatic N) is 2. The van der Waals surface area contributed by atoms with E-state index in [9.17, 15) is 9.90 Å². The van der Waals surface area contributed by atoms with E-state index >= 15 is 0 Å². The van der Waals surface area contributed by atoms with E-state index in [4.69, 9.17) is 18.9 Å². The van der Waals surface area contributed by atoms with Crippen LogP contribution in [-0.2, 0) is 14.3 Å². The molecule has 8 nitrogen and oxygen atoms in total. The van der Waals surface area contributed by atoms with Crippen LogP contribution in [-0.4, -0.2) is 94.2 Å². The van der Waals surface area contributed by atoms with Crippen LogP contribution in [0.15, 0.2) is 18.2 Å². The fraction of sp³-hybridized carbons (Fsp3) is 0.682. The molecule has 30 heavy (non-hydrogen) atoms. The third-order valence-electron chi connectivity index (χ3n) is 6.11. The number of morpholine rings is 1. The van der Waals surface area contributed by atoms with Gasteiger partial charge in [-0.25, -0.2) is 0 Å². The standard InChI is InChI=1S/C22H34N2O6/c1-27-12-10-23-8-6-16(7-9-23)22(26)24-11-13-30-20(15-25)21(24)17-4-5-18(28-2)19(14-17)29-3/h4-5,14,16,20-21,25H,6-13,15H2,1-3H3. The number of piperidine rings is 1. The largest absolute Gasteiger partial charge is 0.493 e. The Morgan fingerprint density at radius 3 is 2.50 bits per heavy atom. The van der Waals surface area contributed by atoms with E-state index in [1.807, 2.05) is 23.1 Å². The van der Waals surface area contributed by atoms with Crippen LogP contribution >= 0.6 is 0 Å². The number of ether oxygens (including phenoxy) is 4. The Labute approximate surface area is 178 Å². The Kier molecular flexibility index (Phi) is 8.32. The third-order valence-corrected chi connectivity index (χ3v) is 6.11. The number of aliphatic hydroxyl groups excluding tert-OH is 1. The van der Waals surface area contributed by atoms with Crippen LogP contribution in [0.4, 0.5) is 0 Å². The van der Waals surface area contributed by atoms with Gasteiger partial charge in [-0.15, -0.1) is 0 Å². The average molecular weight is 423 g/mol. The molecule has 2 aliphatic rings. The fourth-order valence-corrected chi connectivity index (χ4v) is 4.42. The molecule has 2 saturated heterocycles. The Hall–Kier alpha value is -1.87. The molecule has 0 aliphatic carbocycles. The van der Waals surface area contributed by atoms with E-state index in [1.54, 1.807) is 21.3 Å². The SMILES string of the molecule is COCCN1CCC(C(=O)N2CCOC(CO)C2c2ccc(OC)c(OC)c2)CC1. The number of methoxy groups -OCH3 is 3. The molecule has 2 heterocycles. The highest BCUT2D eigenvalue weighted by molar-refractivity contribution is 5.79. The van der Waals surface area contributed by atoms with Crippen LogP contribution in [0.5, 0.6) is 11.5 Å². The molecule has 1 aromatic rings.